The maximum atomic E-state index is 14.1. The van der Waals surface area contributed by atoms with Gasteiger partial charge in [0.15, 0.2) is 18.6 Å². The number of ether oxygens (including phenoxy) is 2. The van der Waals surface area contributed by atoms with E-state index < -0.39 is 29.0 Å². The van der Waals surface area contributed by atoms with E-state index in [0.29, 0.717) is 5.56 Å². The molecule has 0 N–H and O–H groups in total. The molecule has 148 valence electrons. The van der Waals surface area contributed by atoms with E-state index >= 15 is 0 Å². The van der Waals surface area contributed by atoms with Crippen molar-refractivity contribution in [2.45, 2.75) is 31.0 Å². The summed E-state index contributed by atoms with van der Waals surface area (Å²) in [5.41, 5.74) is 2.51. The standard InChI is InChI=1S/C21H20BrFO5/c1-13-3-7-15(8-4-13)20(25)27-12-17(22)19(18(23)11-24)28-21(26)16-9-5-14(2)6-10-16/h3-11,17-19H,12H2,1-2H3. The minimum Gasteiger partial charge on any atom is -0.461 e. The summed E-state index contributed by atoms with van der Waals surface area (Å²) in [4.78, 5) is 34.3. The van der Waals surface area contributed by atoms with E-state index in [-0.39, 0.29) is 18.5 Å². The first-order valence-corrected chi connectivity index (χ1v) is 9.48. The molecule has 0 spiro atoms. The number of aldehydes is 1. The van der Waals surface area contributed by atoms with Crippen molar-refractivity contribution in [2.75, 3.05) is 6.61 Å². The average Bonchev–Trinajstić information content (AvgIpc) is 2.70. The van der Waals surface area contributed by atoms with Crippen LogP contribution in [0.4, 0.5) is 4.39 Å². The van der Waals surface area contributed by atoms with Crippen molar-refractivity contribution in [1.29, 1.82) is 0 Å². The van der Waals surface area contributed by atoms with Crippen LogP contribution in [0.2, 0.25) is 0 Å². The topological polar surface area (TPSA) is 69.7 Å². The summed E-state index contributed by atoms with van der Waals surface area (Å²) in [7, 11) is 0. The molecule has 0 radical (unpaired) electrons. The van der Waals surface area contributed by atoms with Crippen molar-refractivity contribution >= 4 is 34.2 Å². The summed E-state index contributed by atoms with van der Waals surface area (Å²) in [6.07, 6.45) is -3.47. The zero-order valence-electron chi connectivity index (χ0n) is 15.4. The molecule has 0 saturated heterocycles. The van der Waals surface area contributed by atoms with Gasteiger partial charge in [-0.1, -0.05) is 51.3 Å². The Bertz CT molecular complexity index is 820. The first-order valence-electron chi connectivity index (χ1n) is 8.56. The predicted molar refractivity (Wildman–Crippen MR) is 106 cm³/mol. The Kier molecular flexibility index (Phi) is 7.87. The van der Waals surface area contributed by atoms with Crippen LogP contribution in [0.15, 0.2) is 48.5 Å². The van der Waals surface area contributed by atoms with Crippen LogP contribution in [-0.4, -0.2) is 41.9 Å². The quantitative estimate of drug-likeness (QED) is 0.345. The van der Waals surface area contributed by atoms with E-state index in [0.717, 1.165) is 11.1 Å². The maximum Gasteiger partial charge on any atom is 0.338 e. The number of halogens is 2. The van der Waals surface area contributed by atoms with E-state index in [9.17, 15) is 18.8 Å². The SMILES string of the molecule is Cc1ccc(C(=O)OCC(Br)C(OC(=O)c2ccc(C)cc2)C(F)C=O)cc1. The molecule has 0 bridgehead atoms. The minimum absolute atomic E-state index is 0.0448. The molecule has 3 unspecified atom stereocenters. The number of benzene rings is 2. The monoisotopic (exact) mass is 450 g/mol. The zero-order chi connectivity index (χ0) is 20.7. The first kappa shape index (κ1) is 21.8. The van der Waals surface area contributed by atoms with Crippen molar-refractivity contribution in [3.05, 3.63) is 70.8 Å². The second kappa shape index (κ2) is 10.1. The smallest absolute Gasteiger partial charge is 0.338 e. The maximum absolute atomic E-state index is 14.1. The molecule has 5 nitrogen and oxygen atoms in total. The van der Waals surface area contributed by atoms with Gasteiger partial charge < -0.3 is 9.47 Å². The number of hydrogen-bond donors (Lipinski definition) is 0. The normalized spacial score (nSPS) is 13.9. The van der Waals surface area contributed by atoms with Gasteiger partial charge in [0.1, 0.15) is 6.61 Å². The summed E-state index contributed by atoms with van der Waals surface area (Å²) < 4.78 is 24.4. The molecule has 2 rings (SSSR count). The van der Waals surface area contributed by atoms with E-state index in [2.05, 4.69) is 15.9 Å². The number of carbonyl (C=O) groups excluding carboxylic acids is 3. The van der Waals surface area contributed by atoms with E-state index in [1.165, 1.54) is 0 Å². The molecule has 3 atom stereocenters. The van der Waals surface area contributed by atoms with Gasteiger partial charge in [-0.25, -0.2) is 14.0 Å². The van der Waals surface area contributed by atoms with Crippen LogP contribution < -0.4 is 0 Å². The number of esters is 2. The minimum atomic E-state index is -2.07. The van der Waals surface area contributed by atoms with Crippen LogP contribution in [0.5, 0.6) is 0 Å². The lowest BCUT2D eigenvalue weighted by Gasteiger charge is -2.23. The fourth-order valence-corrected chi connectivity index (χ4v) is 2.85. The van der Waals surface area contributed by atoms with Crippen LogP contribution >= 0.6 is 15.9 Å². The van der Waals surface area contributed by atoms with Crippen LogP contribution in [0.3, 0.4) is 0 Å². The average molecular weight is 451 g/mol. The van der Waals surface area contributed by atoms with E-state index in [4.69, 9.17) is 9.47 Å². The summed E-state index contributed by atoms with van der Waals surface area (Å²) in [6.45, 7) is 3.46. The Morgan fingerprint density at radius 1 is 0.964 bits per heavy atom. The molecule has 2 aromatic carbocycles. The lowest BCUT2D eigenvalue weighted by atomic mass is 10.1. The lowest BCUT2D eigenvalue weighted by Crippen LogP contribution is -2.39. The second-order valence-electron chi connectivity index (χ2n) is 6.30. The van der Waals surface area contributed by atoms with Gasteiger partial charge in [-0.15, -0.1) is 0 Å². The molecular weight excluding hydrogens is 431 g/mol. The van der Waals surface area contributed by atoms with Crippen molar-refractivity contribution < 1.29 is 28.2 Å². The Labute approximate surface area is 171 Å². The summed E-state index contributed by atoms with van der Waals surface area (Å²) in [5, 5.41) is 0. The fraction of sp³-hybridized carbons (Fsp3) is 0.286. The third kappa shape index (κ3) is 5.99. The van der Waals surface area contributed by atoms with Gasteiger partial charge in [-0.3, -0.25) is 4.79 Å². The van der Waals surface area contributed by atoms with Gasteiger partial charge in [0.25, 0.3) is 0 Å². The molecule has 0 aliphatic carbocycles. The molecule has 0 aromatic heterocycles. The number of rotatable bonds is 8. The molecule has 7 heteroatoms. The summed E-state index contributed by atoms with van der Waals surface area (Å²) in [5.74, 6) is -1.38. The van der Waals surface area contributed by atoms with Gasteiger partial charge in [-0.05, 0) is 38.1 Å². The van der Waals surface area contributed by atoms with Crippen molar-refractivity contribution in [2.24, 2.45) is 0 Å². The lowest BCUT2D eigenvalue weighted by molar-refractivity contribution is -0.115. The third-order valence-corrected chi connectivity index (χ3v) is 4.78. The van der Waals surface area contributed by atoms with Gasteiger partial charge in [0.05, 0.1) is 16.0 Å². The van der Waals surface area contributed by atoms with Crippen LogP contribution in [0, 0.1) is 13.8 Å². The second-order valence-corrected chi connectivity index (χ2v) is 7.47. The molecule has 0 amide bonds. The Balaban J connectivity index is 2.01. The molecule has 0 saturated carbocycles. The number of hydrogen-bond acceptors (Lipinski definition) is 5. The summed E-state index contributed by atoms with van der Waals surface area (Å²) in [6, 6.07) is 13.3. The Morgan fingerprint density at radius 3 is 1.89 bits per heavy atom. The van der Waals surface area contributed by atoms with Crippen molar-refractivity contribution in [3.8, 4) is 0 Å². The molecule has 0 heterocycles. The van der Waals surface area contributed by atoms with Crippen LogP contribution in [0.1, 0.15) is 31.8 Å². The molecular formula is C21H20BrFO5. The van der Waals surface area contributed by atoms with E-state index in [1.54, 1.807) is 48.5 Å². The Hall–Kier alpha value is -2.54. The van der Waals surface area contributed by atoms with Crippen molar-refractivity contribution in [3.63, 3.8) is 0 Å². The van der Waals surface area contributed by atoms with Gasteiger partial charge in [0.2, 0.25) is 0 Å². The fourth-order valence-electron chi connectivity index (χ4n) is 2.32. The molecule has 0 aliphatic heterocycles. The van der Waals surface area contributed by atoms with E-state index in [1.807, 2.05) is 13.8 Å². The molecule has 0 fully saturated rings. The largest absolute Gasteiger partial charge is 0.461 e. The Morgan fingerprint density at radius 2 is 1.43 bits per heavy atom. The third-order valence-electron chi connectivity index (χ3n) is 3.99. The van der Waals surface area contributed by atoms with Gasteiger partial charge in [0, 0.05) is 0 Å². The number of carbonyl (C=O) groups is 3. The summed E-state index contributed by atoms with van der Waals surface area (Å²) >= 11 is 3.16. The highest BCUT2D eigenvalue weighted by Crippen LogP contribution is 2.19. The van der Waals surface area contributed by atoms with Gasteiger partial charge in [-0.2, -0.15) is 0 Å². The van der Waals surface area contributed by atoms with Gasteiger partial charge >= 0.3 is 11.9 Å². The zero-order valence-corrected chi connectivity index (χ0v) is 17.0. The first-order chi connectivity index (χ1) is 13.3. The number of alkyl halides is 2. The highest BCUT2D eigenvalue weighted by molar-refractivity contribution is 9.09. The predicted octanol–water partition coefficient (Wildman–Crippen LogP) is 3.99. The molecule has 0 aliphatic rings. The molecule has 28 heavy (non-hydrogen) atoms. The highest BCUT2D eigenvalue weighted by atomic mass is 79.9. The van der Waals surface area contributed by atoms with Crippen molar-refractivity contribution in [1.82, 2.24) is 0 Å². The number of aryl methyl sites for hydroxylation is 2. The van der Waals surface area contributed by atoms with Crippen LogP contribution in [-0.2, 0) is 14.3 Å². The van der Waals surface area contributed by atoms with Crippen LogP contribution in [0.25, 0.3) is 0 Å². The molecule has 2 aromatic rings. The highest BCUT2D eigenvalue weighted by Gasteiger charge is 2.33.